The molecule has 1 aromatic carbocycles. The van der Waals surface area contributed by atoms with Crippen molar-refractivity contribution in [2.75, 3.05) is 19.8 Å². The first-order chi connectivity index (χ1) is 22.4. The molecule has 0 amide bonds. The number of carbonyl (C=O) groups is 1. The minimum absolute atomic E-state index is 0.0267. The molecule has 6 rings (SSSR count). The first-order valence-electron chi connectivity index (χ1n) is 15.5. The Morgan fingerprint density at radius 1 is 1.08 bits per heavy atom. The third kappa shape index (κ3) is 5.91. The van der Waals surface area contributed by atoms with Crippen LogP contribution in [0.2, 0.25) is 0 Å². The smallest absolute Gasteiger partial charge is 0.452 e. The van der Waals surface area contributed by atoms with Gasteiger partial charge in [0.1, 0.15) is 10.5 Å². The van der Waals surface area contributed by atoms with Gasteiger partial charge in [-0.15, -0.1) is 21.0 Å². The van der Waals surface area contributed by atoms with Crippen molar-refractivity contribution in [1.29, 1.82) is 0 Å². The van der Waals surface area contributed by atoms with Crippen LogP contribution in [0.25, 0.3) is 5.65 Å². The van der Waals surface area contributed by atoms with Gasteiger partial charge in [-0.05, 0) is 80.1 Å². The fourth-order valence-electron chi connectivity index (χ4n) is 6.68. The highest BCUT2D eigenvalue weighted by Crippen LogP contribution is 2.59. The molecule has 0 bridgehead atoms. The van der Waals surface area contributed by atoms with Crippen molar-refractivity contribution < 1.29 is 41.7 Å². The number of aryl methyl sites for hydroxylation is 3. The van der Waals surface area contributed by atoms with E-state index in [1.165, 1.54) is 12.3 Å². The van der Waals surface area contributed by atoms with Crippen molar-refractivity contribution in [2.24, 2.45) is 5.41 Å². The molecule has 5 heterocycles. The fraction of sp³-hybridized carbons (Fsp3) is 0.455. The quantitative estimate of drug-likeness (QED) is 0.198. The summed E-state index contributed by atoms with van der Waals surface area (Å²) in [5.74, 6) is -2.93. The van der Waals surface area contributed by atoms with Crippen molar-refractivity contribution in [3.8, 4) is 5.88 Å². The van der Waals surface area contributed by atoms with Gasteiger partial charge in [0.15, 0.2) is 5.65 Å². The minimum atomic E-state index is -4.73. The molecule has 1 saturated heterocycles. The Bertz CT molecular complexity index is 1890. The normalized spacial score (nSPS) is 19.4. The minimum Gasteiger partial charge on any atom is -0.481 e. The molecule has 4 aromatic rings. The maximum atomic E-state index is 13.6. The summed E-state index contributed by atoms with van der Waals surface area (Å²) >= 11 is 0. The third-order valence-corrected chi connectivity index (χ3v) is 11.4. The van der Waals surface area contributed by atoms with Gasteiger partial charge in [0.2, 0.25) is 11.7 Å². The lowest BCUT2D eigenvalue weighted by Gasteiger charge is -2.44. The van der Waals surface area contributed by atoms with Crippen LogP contribution >= 0.6 is 10.8 Å². The number of benzene rings is 1. The number of carboxylic acid groups (broad SMARTS) is 1. The number of ether oxygens (including phenoxy) is 2. The Kier molecular flexibility index (Phi) is 8.52. The van der Waals surface area contributed by atoms with E-state index < -0.39 is 45.7 Å². The van der Waals surface area contributed by atoms with Crippen molar-refractivity contribution in [3.05, 3.63) is 81.9 Å². The number of hydrogen-bond acceptors (Lipinski definition) is 9. The molecule has 1 unspecified atom stereocenters. The van der Waals surface area contributed by atoms with Crippen LogP contribution in [-0.4, -0.2) is 69.4 Å². The number of aromatic nitrogens is 4. The number of pyridine rings is 2. The maximum absolute atomic E-state index is 13.6. The lowest BCUT2D eigenvalue weighted by Crippen LogP contribution is -2.49. The summed E-state index contributed by atoms with van der Waals surface area (Å²) in [6.45, 7) is 9.56. The Morgan fingerprint density at radius 3 is 2.46 bits per heavy atom. The average molecular weight is 690 g/mol. The molecule has 2 aliphatic heterocycles. The van der Waals surface area contributed by atoms with E-state index in [9.17, 15) is 32.2 Å². The molecule has 0 aliphatic carbocycles. The number of fused-ring (bicyclic) bond motifs is 2. The highest BCUT2D eigenvalue weighted by atomic mass is 32.3. The van der Waals surface area contributed by atoms with Gasteiger partial charge in [0.05, 0.1) is 25.2 Å². The molecule has 11 nitrogen and oxygen atoms in total. The van der Waals surface area contributed by atoms with Gasteiger partial charge in [-0.1, -0.05) is 18.2 Å². The van der Waals surface area contributed by atoms with E-state index in [1.807, 2.05) is 26.0 Å². The van der Waals surface area contributed by atoms with Crippen LogP contribution in [0.5, 0.6) is 5.88 Å². The molecule has 1 atom stereocenters. The molecule has 0 radical (unpaired) electrons. The van der Waals surface area contributed by atoms with E-state index >= 15 is 0 Å². The van der Waals surface area contributed by atoms with Crippen molar-refractivity contribution >= 4 is 22.4 Å². The monoisotopic (exact) mass is 689 g/mol. The number of halogens is 3. The first-order valence-corrected chi connectivity index (χ1v) is 17.0. The Balaban J connectivity index is 1.46. The zero-order valence-corrected chi connectivity index (χ0v) is 28.0. The molecule has 2 aliphatic rings. The van der Waals surface area contributed by atoms with Crippen molar-refractivity contribution in [1.82, 2.24) is 23.9 Å². The molecule has 15 heteroatoms. The van der Waals surface area contributed by atoms with Gasteiger partial charge in [0, 0.05) is 37.7 Å². The Hall–Kier alpha value is -3.76. The summed E-state index contributed by atoms with van der Waals surface area (Å²) in [5, 5.41) is 17.6. The van der Waals surface area contributed by atoms with Gasteiger partial charge >= 0.3 is 12.1 Å². The van der Waals surface area contributed by atoms with E-state index in [2.05, 4.69) is 15.2 Å². The molecule has 0 saturated carbocycles. The highest BCUT2D eigenvalue weighted by Gasteiger charge is 2.46. The van der Waals surface area contributed by atoms with Crippen LogP contribution in [0.3, 0.4) is 0 Å². The topological polar surface area (TPSA) is 143 Å². The van der Waals surface area contributed by atoms with Gasteiger partial charge in [-0.25, -0.2) is 4.98 Å². The largest absolute Gasteiger partial charge is 0.481 e. The standard InChI is InChI=1S/C33H38F3N5O6S/c1-19-14-25-28(37-16-19)47-32(9-12-46-13-10-32)18-40(48(25,44)45)17-23-15-22(7-6-20(23)2)26(31(4,5)30(42)43)24-8-11-41-27(21(24)3)38-39-29(41)33(34,35)36/h6-8,11,14-16,26,44-45H,9-10,12-13,17-18H2,1-5H3,(H,42,43). The molecule has 1 spiro atoms. The van der Waals surface area contributed by atoms with E-state index in [1.54, 1.807) is 43.4 Å². The lowest BCUT2D eigenvalue weighted by atomic mass is 9.70. The predicted octanol–water partition coefficient (Wildman–Crippen LogP) is 6.78. The Labute approximate surface area is 277 Å². The fourth-order valence-corrected chi connectivity index (χ4v) is 8.37. The van der Waals surface area contributed by atoms with Crippen LogP contribution in [0.1, 0.15) is 71.8 Å². The molecule has 3 N–H and O–H groups in total. The number of hydrogen-bond donors (Lipinski definition) is 3. The van der Waals surface area contributed by atoms with E-state index in [0.29, 0.717) is 48.3 Å². The first kappa shape index (κ1) is 34.1. The molecule has 3 aromatic heterocycles. The zero-order valence-electron chi connectivity index (χ0n) is 27.2. The maximum Gasteiger partial charge on any atom is 0.452 e. The number of carboxylic acids is 1. The second-order valence-corrected chi connectivity index (χ2v) is 15.3. The zero-order chi connectivity index (χ0) is 34.8. The summed E-state index contributed by atoms with van der Waals surface area (Å²) in [6, 6.07) is 8.64. The average Bonchev–Trinajstić information content (AvgIpc) is 3.44. The summed E-state index contributed by atoms with van der Waals surface area (Å²) in [5.41, 5.74) is 1.48. The van der Waals surface area contributed by atoms with E-state index in [-0.39, 0.29) is 29.5 Å². The summed E-state index contributed by atoms with van der Waals surface area (Å²) in [4.78, 5) is 17.4. The Morgan fingerprint density at radius 2 is 1.79 bits per heavy atom. The molecule has 1 fully saturated rings. The molecule has 258 valence electrons. The van der Waals surface area contributed by atoms with Crippen LogP contribution in [0.4, 0.5) is 13.2 Å². The second-order valence-electron chi connectivity index (χ2n) is 13.3. The highest BCUT2D eigenvalue weighted by molar-refractivity contribution is 8.22. The summed E-state index contributed by atoms with van der Waals surface area (Å²) in [6.07, 6.45) is -0.858. The SMILES string of the molecule is Cc1cnc2c(c1)S(O)(O)N(Cc1cc(C(c3ccn4c(C(F)(F)F)nnc4c3C)C(C)(C)C(=O)O)ccc1C)CC1(CCOCC1)O2. The summed E-state index contributed by atoms with van der Waals surface area (Å²) in [7, 11) is -3.60. The van der Waals surface area contributed by atoms with Crippen molar-refractivity contribution in [2.45, 2.75) is 76.6 Å². The van der Waals surface area contributed by atoms with Gasteiger partial charge in [0.25, 0.3) is 0 Å². The van der Waals surface area contributed by atoms with E-state index in [4.69, 9.17) is 9.47 Å². The van der Waals surface area contributed by atoms with Gasteiger partial charge < -0.3 is 14.6 Å². The van der Waals surface area contributed by atoms with Crippen LogP contribution in [0, 0.1) is 26.2 Å². The van der Waals surface area contributed by atoms with Crippen LogP contribution < -0.4 is 4.74 Å². The number of nitrogens with zero attached hydrogens (tertiary/aromatic N) is 5. The van der Waals surface area contributed by atoms with Gasteiger partial charge in [-0.2, -0.15) is 17.5 Å². The number of alkyl halides is 3. The predicted molar refractivity (Wildman–Crippen MR) is 171 cm³/mol. The summed E-state index contributed by atoms with van der Waals surface area (Å²) < 4.78 is 79.1. The third-order valence-electron chi connectivity index (χ3n) is 9.55. The molecular formula is C33H38F3N5O6S. The van der Waals surface area contributed by atoms with Gasteiger partial charge in [-0.3, -0.25) is 18.3 Å². The second kappa shape index (κ2) is 12.0. The van der Waals surface area contributed by atoms with Crippen molar-refractivity contribution in [3.63, 3.8) is 0 Å². The van der Waals surface area contributed by atoms with E-state index in [0.717, 1.165) is 15.5 Å². The van der Waals surface area contributed by atoms with Crippen LogP contribution in [0.15, 0.2) is 47.6 Å². The lowest BCUT2D eigenvalue weighted by molar-refractivity contribution is -0.147. The number of aliphatic carboxylic acids is 1. The molecule has 48 heavy (non-hydrogen) atoms. The van der Waals surface area contributed by atoms with Crippen LogP contribution in [-0.2, 0) is 22.3 Å². The molecular weight excluding hydrogens is 651 g/mol. The number of rotatable bonds is 6.